The van der Waals surface area contributed by atoms with Gasteiger partial charge in [-0.15, -0.1) is 6.07 Å². The maximum atomic E-state index is 13.1. The van der Waals surface area contributed by atoms with E-state index in [1.807, 2.05) is 0 Å². The zero-order valence-corrected chi connectivity index (χ0v) is 7.65. The number of hydrogen-bond acceptors (Lipinski definition) is 0. The summed E-state index contributed by atoms with van der Waals surface area (Å²) in [6.07, 6.45) is 0. The maximum Gasteiger partial charge on any atom is 0.194 e. The van der Waals surface area contributed by atoms with Crippen LogP contribution in [0.25, 0.3) is 10.8 Å². The van der Waals surface area contributed by atoms with Crippen LogP contribution in [0.2, 0.25) is 0 Å². The van der Waals surface area contributed by atoms with Crippen LogP contribution in [0.1, 0.15) is 0 Å². The Labute approximate surface area is 89.3 Å². The van der Waals surface area contributed by atoms with Gasteiger partial charge in [0.2, 0.25) is 0 Å². The summed E-state index contributed by atoms with van der Waals surface area (Å²) in [6, 6.07) is 1.09. The normalized spacial score (nSPS) is 11.2. The molecule has 0 saturated carbocycles. The number of benzene rings is 2. The second-order valence-electron chi connectivity index (χ2n) is 3.07. The first-order chi connectivity index (χ1) is 7.86. The molecule has 0 amide bonds. The molecular formula is C10F7-. The first-order valence-electron chi connectivity index (χ1n) is 4.07. The maximum absolute atomic E-state index is 13.1. The third kappa shape index (κ3) is 1.45. The highest BCUT2D eigenvalue weighted by molar-refractivity contribution is 5.85. The van der Waals surface area contributed by atoms with Gasteiger partial charge in [-0.25, -0.2) is 26.3 Å². The topological polar surface area (TPSA) is 0 Å². The third-order valence-electron chi connectivity index (χ3n) is 2.12. The number of hydrogen-bond donors (Lipinski definition) is 0. The molecule has 0 unspecified atom stereocenters. The predicted octanol–water partition coefficient (Wildman–Crippen LogP) is 3.61. The molecule has 90 valence electrons. The summed E-state index contributed by atoms with van der Waals surface area (Å²) in [6.45, 7) is 0. The fourth-order valence-corrected chi connectivity index (χ4v) is 1.37. The predicted molar refractivity (Wildman–Crippen MR) is 42.5 cm³/mol. The zero-order chi connectivity index (χ0) is 12.9. The molecule has 0 N–H and O–H groups in total. The van der Waals surface area contributed by atoms with E-state index >= 15 is 0 Å². The summed E-state index contributed by atoms with van der Waals surface area (Å²) in [5, 5.41) is -3.16. The average Bonchev–Trinajstić information content (AvgIpc) is 2.28. The van der Waals surface area contributed by atoms with Gasteiger partial charge in [-0.2, -0.15) is 0 Å². The molecule has 0 atom stereocenters. The SMILES string of the molecule is Fc1[c-]c(F)c2c(F)c(F)c(F)c(F)c2c1F. The van der Waals surface area contributed by atoms with Gasteiger partial charge in [0.05, 0.1) is 5.82 Å². The molecule has 2 rings (SSSR count). The van der Waals surface area contributed by atoms with Gasteiger partial charge in [-0.3, -0.25) is 4.39 Å². The first kappa shape index (κ1) is 11.7. The summed E-state index contributed by atoms with van der Waals surface area (Å²) in [5.74, 6) is -14.9. The second kappa shape index (κ2) is 3.61. The number of fused-ring (bicyclic) bond motifs is 1. The van der Waals surface area contributed by atoms with E-state index in [2.05, 4.69) is 0 Å². The fourth-order valence-electron chi connectivity index (χ4n) is 1.37. The summed E-state index contributed by atoms with van der Waals surface area (Å²) in [5.41, 5.74) is 0. The van der Waals surface area contributed by atoms with Crippen molar-refractivity contribution >= 4 is 10.8 Å². The van der Waals surface area contributed by atoms with Crippen LogP contribution in [-0.4, -0.2) is 0 Å². The molecule has 0 aliphatic heterocycles. The monoisotopic (exact) mass is 253 g/mol. The van der Waals surface area contributed by atoms with Crippen LogP contribution in [0.4, 0.5) is 30.7 Å². The fraction of sp³-hybridized carbons (Fsp3) is 0. The molecule has 7 heteroatoms. The second-order valence-corrected chi connectivity index (χ2v) is 3.07. The van der Waals surface area contributed by atoms with Crippen LogP contribution < -0.4 is 0 Å². The highest BCUT2D eigenvalue weighted by atomic mass is 19.2. The van der Waals surface area contributed by atoms with Crippen molar-refractivity contribution in [1.82, 2.24) is 0 Å². The average molecular weight is 253 g/mol. The van der Waals surface area contributed by atoms with Gasteiger partial charge in [0.25, 0.3) is 0 Å². The van der Waals surface area contributed by atoms with Crippen molar-refractivity contribution in [3.8, 4) is 0 Å². The van der Waals surface area contributed by atoms with Gasteiger partial charge in [-0.1, -0.05) is 0 Å². The molecule has 2 aromatic carbocycles. The largest absolute Gasteiger partial charge is 0.281 e. The van der Waals surface area contributed by atoms with Crippen LogP contribution in [0.5, 0.6) is 0 Å². The van der Waals surface area contributed by atoms with Crippen LogP contribution >= 0.6 is 0 Å². The Morgan fingerprint density at radius 2 is 0.941 bits per heavy atom. The van der Waals surface area contributed by atoms with E-state index in [0.717, 1.165) is 6.07 Å². The van der Waals surface area contributed by atoms with Gasteiger partial charge < -0.3 is 0 Å². The summed E-state index contributed by atoms with van der Waals surface area (Å²) in [7, 11) is 0. The molecule has 0 radical (unpaired) electrons. The Bertz CT molecular complexity index is 633. The lowest BCUT2D eigenvalue weighted by Gasteiger charge is -2.14. The van der Waals surface area contributed by atoms with Crippen LogP contribution in [-0.2, 0) is 0 Å². The van der Waals surface area contributed by atoms with Gasteiger partial charge in [0.15, 0.2) is 11.6 Å². The highest BCUT2D eigenvalue weighted by Crippen LogP contribution is 2.31. The lowest BCUT2D eigenvalue weighted by atomic mass is 10.1. The van der Waals surface area contributed by atoms with Crippen LogP contribution in [0.15, 0.2) is 0 Å². The Morgan fingerprint density at radius 1 is 0.471 bits per heavy atom. The van der Waals surface area contributed by atoms with Crippen molar-refractivity contribution in [2.45, 2.75) is 0 Å². The van der Waals surface area contributed by atoms with Crippen molar-refractivity contribution in [2.24, 2.45) is 0 Å². The Kier molecular flexibility index (Phi) is 2.48. The zero-order valence-electron chi connectivity index (χ0n) is 7.65. The molecule has 0 aliphatic carbocycles. The lowest BCUT2D eigenvalue weighted by Crippen LogP contribution is -2.03. The third-order valence-corrected chi connectivity index (χ3v) is 2.12. The summed E-state index contributed by atoms with van der Waals surface area (Å²) >= 11 is 0. The van der Waals surface area contributed by atoms with Gasteiger partial charge in [0.1, 0.15) is 11.6 Å². The minimum Gasteiger partial charge on any atom is -0.281 e. The molecule has 17 heavy (non-hydrogen) atoms. The first-order valence-corrected chi connectivity index (χ1v) is 4.07. The molecule has 0 aliphatic rings. The summed E-state index contributed by atoms with van der Waals surface area (Å²) in [4.78, 5) is 0. The Hall–Kier alpha value is -1.79. The molecule has 0 spiro atoms. The molecular weight excluding hydrogens is 253 g/mol. The number of rotatable bonds is 0. The van der Waals surface area contributed by atoms with Crippen molar-refractivity contribution in [3.63, 3.8) is 0 Å². The van der Waals surface area contributed by atoms with E-state index in [9.17, 15) is 30.7 Å². The molecule has 0 heterocycles. The highest BCUT2D eigenvalue weighted by Gasteiger charge is 2.20. The van der Waals surface area contributed by atoms with Crippen LogP contribution in [0, 0.1) is 46.8 Å². The van der Waals surface area contributed by atoms with Crippen LogP contribution in [0.3, 0.4) is 0 Å². The van der Waals surface area contributed by atoms with E-state index in [1.165, 1.54) is 0 Å². The van der Waals surface area contributed by atoms with Crippen molar-refractivity contribution < 1.29 is 30.7 Å². The molecule has 2 aromatic rings. The quantitative estimate of drug-likeness (QED) is 0.291. The van der Waals surface area contributed by atoms with Crippen molar-refractivity contribution in [1.29, 1.82) is 0 Å². The molecule has 0 saturated heterocycles. The van der Waals surface area contributed by atoms with Crippen molar-refractivity contribution in [3.05, 3.63) is 46.8 Å². The lowest BCUT2D eigenvalue weighted by molar-refractivity contribution is 0.411. The Morgan fingerprint density at radius 3 is 1.47 bits per heavy atom. The van der Waals surface area contributed by atoms with Crippen molar-refractivity contribution in [2.75, 3.05) is 0 Å². The van der Waals surface area contributed by atoms with Gasteiger partial charge in [-0.05, 0) is 10.8 Å². The number of halogens is 7. The minimum atomic E-state index is -2.35. The summed E-state index contributed by atoms with van der Waals surface area (Å²) < 4.78 is 90.4. The van der Waals surface area contributed by atoms with E-state index in [4.69, 9.17) is 0 Å². The standard InChI is InChI=1S/C10F7/c11-2-1-3(12)6(13)5-4(2)7(14)9(16)10(17)8(5)15/q-1. The van der Waals surface area contributed by atoms with Gasteiger partial charge in [0, 0.05) is 11.6 Å². The van der Waals surface area contributed by atoms with E-state index in [1.54, 1.807) is 0 Å². The minimum absolute atomic E-state index is 1.09. The molecule has 0 nitrogen and oxygen atoms in total. The Balaban J connectivity index is 3.17. The smallest absolute Gasteiger partial charge is 0.194 e. The molecule has 0 bridgehead atoms. The van der Waals surface area contributed by atoms with E-state index in [-0.39, 0.29) is 0 Å². The van der Waals surface area contributed by atoms with E-state index in [0.29, 0.717) is 0 Å². The molecule has 0 fully saturated rings. The van der Waals surface area contributed by atoms with Gasteiger partial charge >= 0.3 is 0 Å². The van der Waals surface area contributed by atoms with E-state index < -0.39 is 51.5 Å². The molecule has 0 aromatic heterocycles.